The average molecular weight is 318 g/mol. The number of nitrogens with one attached hydrogen (secondary N) is 1. The molecule has 1 N–H and O–H groups in total. The molecule has 22 heavy (non-hydrogen) atoms. The van der Waals surface area contributed by atoms with Crippen molar-refractivity contribution in [3.05, 3.63) is 40.3 Å². The van der Waals surface area contributed by atoms with Gasteiger partial charge in [0.15, 0.2) is 0 Å². The number of hydrogen-bond donors (Lipinski definition) is 1. The van der Waals surface area contributed by atoms with Crippen molar-refractivity contribution in [1.29, 1.82) is 0 Å². The van der Waals surface area contributed by atoms with Gasteiger partial charge in [-0.3, -0.25) is 14.4 Å². The van der Waals surface area contributed by atoms with E-state index in [0.717, 1.165) is 19.5 Å². The topological polar surface area (TPSA) is 50.2 Å². The van der Waals surface area contributed by atoms with Gasteiger partial charge in [0.25, 0.3) is 0 Å². The first-order valence-electron chi connectivity index (χ1n) is 7.71. The summed E-state index contributed by atoms with van der Waals surface area (Å²) in [5.74, 6) is 0.0174. The molecule has 0 saturated heterocycles. The highest BCUT2D eigenvalue weighted by molar-refractivity contribution is 7.10. The number of nitrogens with zero attached hydrogens (tertiary/aromatic N) is 3. The van der Waals surface area contributed by atoms with E-state index in [-0.39, 0.29) is 11.9 Å². The summed E-state index contributed by atoms with van der Waals surface area (Å²) in [6.45, 7) is 6.77. The number of fused-ring (bicyclic) bond motifs is 1. The zero-order chi connectivity index (χ0) is 15.5. The molecule has 2 aromatic heterocycles. The maximum atomic E-state index is 12.2. The lowest BCUT2D eigenvalue weighted by molar-refractivity contribution is -0.124. The van der Waals surface area contributed by atoms with Crippen LogP contribution in [0, 0.1) is 0 Å². The normalized spacial score (nSPS) is 17.7. The van der Waals surface area contributed by atoms with Crippen LogP contribution in [0.1, 0.15) is 30.3 Å². The molecule has 0 aliphatic carbocycles. The fourth-order valence-corrected chi connectivity index (χ4v) is 3.69. The van der Waals surface area contributed by atoms with E-state index >= 15 is 0 Å². The Kier molecular flexibility index (Phi) is 4.59. The summed E-state index contributed by atoms with van der Waals surface area (Å²) in [5.41, 5.74) is 1.44. The summed E-state index contributed by atoms with van der Waals surface area (Å²) in [4.78, 5) is 16.1. The van der Waals surface area contributed by atoms with Gasteiger partial charge in [-0.25, -0.2) is 0 Å². The largest absolute Gasteiger partial charge is 0.353 e. The predicted octanol–water partition coefficient (Wildman–Crippen LogP) is 2.07. The molecule has 0 fully saturated rings. The summed E-state index contributed by atoms with van der Waals surface area (Å²) in [7, 11) is 0. The van der Waals surface area contributed by atoms with Gasteiger partial charge in [-0.15, -0.1) is 11.3 Å². The molecule has 6 heteroatoms. The van der Waals surface area contributed by atoms with E-state index in [2.05, 4.69) is 33.7 Å². The minimum atomic E-state index is -0.271. The molecule has 5 nitrogen and oxygen atoms in total. The van der Waals surface area contributed by atoms with E-state index in [1.807, 2.05) is 30.5 Å². The first-order valence-corrected chi connectivity index (χ1v) is 8.59. The van der Waals surface area contributed by atoms with Gasteiger partial charge in [0.1, 0.15) is 6.04 Å². The third-order valence-electron chi connectivity index (χ3n) is 4.33. The molecule has 2 unspecified atom stereocenters. The summed E-state index contributed by atoms with van der Waals surface area (Å²) < 4.78 is 1.68. The highest BCUT2D eigenvalue weighted by Crippen LogP contribution is 2.24. The number of amides is 1. The highest BCUT2D eigenvalue weighted by atomic mass is 32.1. The van der Waals surface area contributed by atoms with Gasteiger partial charge in [0, 0.05) is 42.9 Å². The number of rotatable bonds is 5. The van der Waals surface area contributed by atoms with E-state index in [0.29, 0.717) is 12.6 Å². The van der Waals surface area contributed by atoms with Gasteiger partial charge in [0.2, 0.25) is 5.91 Å². The van der Waals surface area contributed by atoms with Crippen LogP contribution in [0.3, 0.4) is 0 Å². The number of thiophene rings is 1. The molecule has 0 radical (unpaired) electrons. The molecule has 1 aliphatic rings. The molecule has 0 spiro atoms. The van der Waals surface area contributed by atoms with Crippen molar-refractivity contribution >= 4 is 17.2 Å². The van der Waals surface area contributed by atoms with Crippen LogP contribution in [0.25, 0.3) is 0 Å². The Bertz CT molecular complexity index is 622. The van der Waals surface area contributed by atoms with Crippen molar-refractivity contribution < 1.29 is 4.79 Å². The molecule has 1 amide bonds. The minimum Gasteiger partial charge on any atom is -0.353 e. The number of carbonyl (C=O) groups excluding carboxylic acids is 1. The van der Waals surface area contributed by atoms with Gasteiger partial charge in [-0.2, -0.15) is 5.10 Å². The summed E-state index contributed by atoms with van der Waals surface area (Å²) in [6, 6.07) is 4.12. The molecule has 0 bridgehead atoms. The fourth-order valence-electron chi connectivity index (χ4n) is 2.80. The SMILES string of the molecule is CC(CNC(=O)C(C)n1cccn1)N1CCc2sccc2C1. The monoisotopic (exact) mass is 318 g/mol. The maximum Gasteiger partial charge on any atom is 0.244 e. The zero-order valence-corrected chi connectivity index (χ0v) is 13.8. The van der Waals surface area contributed by atoms with Crippen LogP contribution >= 0.6 is 11.3 Å². The quantitative estimate of drug-likeness (QED) is 0.918. The van der Waals surface area contributed by atoms with Gasteiger partial charge in [-0.05, 0) is 43.3 Å². The second-order valence-corrected chi connectivity index (χ2v) is 6.85. The van der Waals surface area contributed by atoms with Gasteiger partial charge >= 0.3 is 0 Å². The van der Waals surface area contributed by atoms with Crippen LogP contribution in [-0.4, -0.2) is 39.7 Å². The van der Waals surface area contributed by atoms with Crippen LogP contribution < -0.4 is 5.32 Å². The summed E-state index contributed by atoms with van der Waals surface area (Å²) >= 11 is 1.85. The number of hydrogen-bond acceptors (Lipinski definition) is 4. The third kappa shape index (κ3) is 3.23. The van der Waals surface area contributed by atoms with Crippen molar-refractivity contribution in [1.82, 2.24) is 20.0 Å². The lowest BCUT2D eigenvalue weighted by atomic mass is 10.1. The Morgan fingerprint density at radius 2 is 2.36 bits per heavy atom. The fraction of sp³-hybridized carbons (Fsp3) is 0.500. The van der Waals surface area contributed by atoms with Crippen LogP contribution in [0.15, 0.2) is 29.9 Å². The molecule has 2 aromatic rings. The second-order valence-electron chi connectivity index (χ2n) is 5.85. The molecule has 1 aliphatic heterocycles. The van der Waals surface area contributed by atoms with E-state index in [4.69, 9.17) is 0 Å². The molecule has 0 saturated carbocycles. The van der Waals surface area contributed by atoms with Crippen LogP contribution in [0.2, 0.25) is 0 Å². The maximum absolute atomic E-state index is 12.2. The van der Waals surface area contributed by atoms with Crippen molar-refractivity contribution in [2.24, 2.45) is 0 Å². The van der Waals surface area contributed by atoms with E-state index in [1.54, 1.807) is 10.9 Å². The van der Waals surface area contributed by atoms with Crippen LogP contribution in [0.5, 0.6) is 0 Å². The molecule has 0 aromatic carbocycles. The Hall–Kier alpha value is -1.66. The Morgan fingerprint density at radius 1 is 1.50 bits per heavy atom. The van der Waals surface area contributed by atoms with E-state index in [1.165, 1.54) is 10.4 Å². The van der Waals surface area contributed by atoms with Crippen LogP contribution in [0.4, 0.5) is 0 Å². The summed E-state index contributed by atoms with van der Waals surface area (Å²) in [5, 5.41) is 9.34. The smallest absolute Gasteiger partial charge is 0.244 e. The second kappa shape index (κ2) is 6.62. The molecular weight excluding hydrogens is 296 g/mol. The Labute approximate surface area is 134 Å². The third-order valence-corrected chi connectivity index (χ3v) is 5.36. The van der Waals surface area contributed by atoms with Crippen molar-refractivity contribution in [3.63, 3.8) is 0 Å². The minimum absolute atomic E-state index is 0.0174. The first-order chi connectivity index (χ1) is 10.6. The Morgan fingerprint density at radius 3 is 3.14 bits per heavy atom. The summed E-state index contributed by atoms with van der Waals surface area (Å²) in [6.07, 6.45) is 4.63. The molecule has 3 heterocycles. The van der Waals surface area contributed by atoms with Gasteiger partial charge in [0.05, 0.1) is 0 Å². The van der Waals surface area contributed by atoms with Crippen molar-refractivity contribution in [3.8, 4) is 0 Å². The first kappa shape index (κ1) is 15.2. The lowest BCUT2D eigenvalue weighted by Crippen LogP contribution is -2.45. The lowest BCUT2D eigenvalue weighted by Gasteiger charge is -2.32. The number of aromatic nitrogens is 2. The molecule has 118 valence electrons. The predicted molar refractivity (Wildman–Crippen MR) is 87.8 cm³/mol. The molecular formula is C16H22N4OS. The Balaban J connectivity index is 1.50. The highest BCUT2D eigenvalue weighted by Gasteiger charge is 2.22. The van der Waals surface area contributed by atoms with Crippen LogP contribution in [-0.2, 0) is 17.8 Å². The number of carbonyl (C=O) groups is 1. The van der Waals surface area contributed by atoms with Gasteiger partial charge in [-0.1, -0.05) is 0 Å². The van der Waals surface area contributed by atoms with Crippen molar-refractivity contribution in [2.45, 2.75) is 38.9 Å². The molecule has 2 atom stereocenters. The van der Waals surface area contributed by atoms with E-state index in [9.17, 15) is 4.79 Å². The van der Waals surface area contributed by atoms with Gasteiger partial charge < -0.3 is 5.32 Å². The standard InChI is InChI=1S/C16H22N4OS/c1-12(19-8-4-15-14(11-19)5-9-22-15)10-17-16(21)13(2)20-7-3-6-18-20/h3,5-7,9,12-13H,4,8,10-11H2,1-2H3,(H,17,21). The molecule has 3 rings (SSSR count). The van der Waals surface area contributed by atoms with Crippen molar-refractivity contribution in [2.75, 3.05) is 13.1 Å². The van der Waals surface area contributed by atoms with E-state index < -0.39 is 0 Å². The zero-order valence-electron chi connectivity index (χ0n) is 13.0. The average Bonchev–Trinajstić information content (AvgIpc) is 3.21.